The Morgan fingerprint density at radius 2 is 0.872 bits per heavy atom. The van der Waals surface area contributed by atoms with E-state index in [4.69, 9.17) is 31.7 Å². The Hall–Kier alpha value is -8.12. The smallest absolute Gasteiger partial charge is 0.371 e. The normalized spacial score (nSPS) is 17.3. The van der Waals surface area contributed by atoms with Gasteiger partial charge in [-0.1, -0.05) is 353 Å². The molecule has 2 aliphatic rings. The first kappa shape index (κ1) is 131. The van der Waals surface area contributed by atoms with Crippen molar-refractivity contribution in [1.82, 2.24) is 5.32 Å². The summed E-state index contributed by atoms with van der Waals surface area (Å²) in [5.41, 5.74) is 13.2. The molecule has 0 unspecified atom stereocenters. The molecule has 1 aliphatic carbocycles. The van der Waals surface area contributed by atoms with Crippen molar-refractivity contribution in [3.8, 4) is 0 Å². The Balaban J connectivity index is 0.000000901. The average molecular weight is 2210 g/mol. The second kappa shape index (κ2) is 70.6. The van der Waals surface area contributed by atoms with Crippen molar-refractivity contribution < 1.29 is 92.9 Å². The van der Waals surface area contributed by atoms with Crippen LogP contribution in [0.2, 0.25) is 12.6 Å². The SMILES string of the molecule is C.CCCCCCCCC1=C2C[C@@H](C)C[C@H](C)[C@H](O)[C@@H](C)/C=C(\C)[C@H](OC(N)=O)[C@@H](C)/C=C\C=C(/C)C(=O)NC(=CC1=O)C2=O.Cl.Cl.F[P-](F)(F)(F)(F)F.N=CO[B]CCCCCCBr.N=CO[B]CCCCCC[P+](c1ccccc1)(c1ccccc1)c1ccccc1.NCCCCCC[P+](c1ccccc1)(c1ccccc1)c1ccccc1.[Br-].[Cl-].c1ccc(P(c2ccccc2)c2ccccc2)cc1. The first-order chi connectivity index (χ1) is 65.3. The predicted molar refractivity (Wildman–Crippen MR) is 593 cm³/mol. The zero-order valence-corrected chi connectivity index (χ0v) is 90.8. The average Bonchev–Trinajstić information content (AvgIpc) is 0.772. The van der Waals surface area contributed by atoms with E-state index in [1.54, 1.807) is 40.1 Å². The number of amides is 2. The van der Waals surface area contributed by atoms with Crippen molar-refractivity contribution in [2.45, 2.75) is 216 Å². The Labute approximate surface area is 878 Å². The van der Waals surface area contributed by atoms with E-state index in [9.17, 15) is 49.5 Å². The number of rotatable bonds is 40. The van der Waals surface area contributed by atoms with Crippen LogP contribution in [0.1, 0.15) is 191 Å². The standard InChI is InChI=1S/C36H54N2O6.C25H29BNOP.C24H29NP.C18H15P.C7H14BBrNO.CH4.BrH.3ClH.F6P/c1-8-9-10-11-12-13-17-28-29-19-22(2)18-25(5)32(40)26(6)20-27(7)34(44-36(37)43)23(3)15-14-16-24(4)35(42)38-30(33(29)41)21-31(28)39;27-22-28-26-20-12-1-2-13-21-29(23-14-6-3-7-15-23,24-16-8-4-9-17-24)25-18-10-5-11-19-25;25-20-12-1-2-13-21-26(22-14-6-3-7-15-22,23-16-8-4-9-17-23)24-18-10-5-11-19-24;1-4-10-16(11-5-1)19(17-12-6-2-7-13-17)18-14-8-3-9-15-18;9-6-4-2-1-3-5-8-11-7-10;;;;;;1-7(2,3,4,5)6/h14-16,20-23,25-26,32,34,40H,8-13,17-19H2,1-7H3,(H2,37,43)(H,38,42);3-11,14-19,22,27H,1-2,12-13,20-21H2;3-11,14-19H,1-2,12-13,20-21,25H2;1-15H;7,10H,1-6H2;1H4;4*1H;/q;2*+1;;;;;;;;-1/p-2/b15-14-,24-16+,27-20+;;;;;;;;;;/t22-,23-,25-,26-,32-,34+;;;;;;;;;;/m0........../s1. The van der Waals surface area contributed by atoms with Crippen molar-refractivity contribution in [2.75, 3.05) is 24.2 Å². The van der Waals surface area contributed by atoms with Gasteiger partial charge in [-0.15, -0.1) is 24.8 Å². The van der Waals surface area contributed by atoms with Crippen LogP contribution in [0.4, 0.5) is 30.0 Å². The number of aliphatic hydroxyl groups excluding tert-OH is 1. The Morgan fingerprint density at radius 1 is 0.532 bits per heavy atom. The molecule has 1 aliphatic heterocycles. The van der Waals surface area contributed by atoms with E-state index in [2.05, 4.69) is 306 Å². The quantitative estimate of drug-likeness (QED) is 0.00247. The van der Waals surface area contributed by atoms with E-state index in [1.165, 1.54) is 137 Å². The van der Waals surface area contributed by atoms with Gasteiger partial charge in [-0.05, 0) is 211 Å². The van der Waals surface area contributed by atoms with Crippen LogP contribution in [0.5, 0.6) is 0 Å². The summed E-state index contributed by atoms with van der Waals surface area (Å²) >= 11 is 3.38. The second-order valence-corrected chi connectivity index (χ2v) is 46.6. The maximum Gasteiger partial charge on any atom is 0.371 e. The van der Waals surface area contributed by atoms with E-state index >= 15 is 0 Å². The molecule has 141 heavy (non-hydrogen) atoms. The number of carbonyl (C=O) groups excluding carboxylic acids is 4. The van der Waals surface area contributed by atoms with Crippen LogP contribution in [0.15, 0.2) is 331 Å². The van der Waals surface area contributed by atoms with E-state index in [0.717, 1.165) is 87.8 Å². The van der Waals surface area contributed by atoms with E-state index in [-0.39, 0.29) is 103 Å². The van der Waals surface area contributed by atoms with Gasteiger partial charge in [0, 0.05) is 40.0 Å². The number of fused-ring (bicyclic) bond motifs is 2. The number of ketones is 2. The molecule has 6 atom stereocenters. The summed E-state index contributed by atoms with van der Waals surface area (Å²) in [5, 5.41) is 41.5. The molecular weight excluding hydrogens is 2060 g/mol. The summed E-state index contributed by atoms with van der Waals surface area (Å²) in [7, 11) is -11.0. The molecule has 9 aromatic carbocycles. The zero-order valence-electron chi connectivity index (χ0n) is 81.7. The third-order valence-corrected chi connectivity index (χ3v) is 35.6. The maximum absolute atomic E-state index is 13.8. The number of alkyl halides is 1. The molecule has 0 aromatic heterocycles. The summed E-state index contributed by atoms with van der Waals surface area (Å²) in [6.07, 6.45) is 34.8. The molecule has 11 rings (SSSR count). The van der Waals surface area contributed by atoms with Gasteiger partial charge in [0.15, 0.2) is 5.78 Å². The number of ether oxygens (including phenoxy) is 1. The number of carbonyl (C=O) groups is 4. The van der Waals surface area contributed by atoms with E-state index < -0.39 is 54.5 Å². The summed E-state index contributed by atoms with van der Waals surface area (Å²) in [5.74, 6) is -1.66. The number of nitrogens with one attached hydrogen (secondary N) is 3. The van der Waals surface area contributed by atoms with Gasteiger partial charge >= 0.3 is 54.0 Å². The van der Waals surface area contributed by atoms with Gasteiger partial charge < -0.3 is 65.3 Å². The summed E-state index contributed by atoms with van der Waals surface area (Å²) < 4.78 is 74.2. The van der Waals surface area contributed by atoms with Crippen molar-refractivity contribution in [1.29, 1.82) is 10.8 Å². The first-order valence-electron chi connectivity index (χ1n) is 47.6. The van der Waals surface area contributed by atoms with Gasteiger partial charge in [0.05, 0.1) is 24.1 Å². The van der Waals surface area contributed by atoms with Crippen LogP contribution < -0.4 is 93.9 Å². The van der Waals surface area contributed by atoms with Crippen molar-refractivity contribution in [3.05, 3.63) is 331 Å². The molecular formula is C111H147B2Br2Cl3F6N5O8P4-. The summed E-state index contributed by atoms with van der Waals surface area (Å²) in [4.78, 5) is 51.9. The number of unbranched alkanes of at least 4 members (excludes halogenated alkanes) is 14. The maximum atomic E-state index is 13.8. The second-order valence-electron chi connectivity index (χ2n) is 34.4. The minimum atomic E-state index is -10.7. The van der Waals surface area contributed by atoms with Crippen molar-refractivity contribution in [3.63, 3.8) is 0 Å². The molecule has 0 saturated heterocycles. The van der Waals surface area contributed by atoms with Crippen molar-refractivity contribution in [2.24, 2.45) is 35.1 Å². The Bertz CT molecular complexity index is 4850. The van der Waals surface area contributed by atoms with Crippen LogP contribution in [0.25, 0.3) is 0 Å². The van der Waals surface area contributed by atoms with Gasteiger partial charge in [0.25, 0.3) is 5.91 Å². The van der Waals surface area contributed by atoms with E-state index in [0.29, 0.717) is 36.0 Å². The topological polar surface area (TPSA) is 228 Å². The van der Waals surface area contributed by atoms with Crippen LogP contribution in [0.3, 0.4) is 0 Å². The predicted octanol–water partition coefficient (Wildman–Crippen LogP) is 21.4. The molecule has 2 bridgehead atoms. The number of allylic oxidation sites excluding steroid dienone is 5. The molecule has 8 N–H and O–H groups in total. The van der Waals surface area contributed by atoms with Gasteiger partial charge in [-0.25, -0.2) is 4.79 Å². The zero-order chi connectivity index (χ0) is 98.9. The Morgan fingerprint density at radius 3 is 1.23 bits per heavy atom. The molecule has 768 valence electrons. The van der Waals surface area contributed by atoms with Gasteiger partial charge in [0.1, 0.15) is 65.3 Å². The number of nitrogens with two attached hydrogens (primary N) is 2. The molecule has 30 heteroatoms. The van der Waals surface area contributed by atoms with Gasteiger partial charge in [-0.3, -0.25) is 25.2 Å². The molecule has 1 heterocycles. The molecule has 2 amide bonds. The van der Waals surface area contributed by atoms with Crippen molar-refractivity contribution >= 4 is 170 Å². The number of aliphatic hydroxyl groups is 1. The van der Waals surface area contributed by atoms with Crippen LogP contribution in [0, 0.1) is 34.5 Å². The molecule has 2 radical (unpaired) electrons. The fourth-order valence-electron chi connectivity index (χ4n) is 16.9. The number of halogens is 11. The number of hydrogen-bond acceptors (Lipinski definition) is 11. The number of hydrogen-bond donors (Lipinski definition) is 6. The molecule has 9 aromatic rings. The van der Waals surface area contributed by atoms with Gasteiger partial charge in [0.2, 0.25) is 5.78 Å². The fraction of sp³-hybridized carbons (Fsp3) is 0.369. The minimum absolute atomic E-state index is 0. The third kappa shape index (κ3) is 49.1. The largest absolute Gasteiger partial charge is 1.00 e. The first-order valence-corrected chi connectivity index (χ1v) is 56.1. The number of primary amides is 1. The van der Waals surface area contributed by atoms with Gasteiger partial charge in [-0.2, -0.15) is 0 Å². The fourth-order valence-corrected chi connectivity index (χ4v) is 28.4. The Kier molecular flexibility index (Phi) is 65.5. The van der Waals surface area contributed by atoms with Crippen LogP contribution in [-0.2, 0) is 28.4 Å². The molecule has 0 fully saturated rings. The molecule has 0 spiro atoms. The third-order valence-electron chi connectivity index (χ3n) is 23.5. The monoisotopic (exact) mass is 2200 g/mol. The van der Waals surface area contributed by atoms with Crippen LogP contribution >= 0.6 is 71.0 Å². The summed E-state index contributed by atoms with van der Waals surface area (Å²) in [6, 6.07) is 99.1. The number of Topliss-reactive ketones (excluding diaryl/α,β-unsaturated/α-hetero) is 1. The van der Waals surface area contributed by atoms with E-state index in [1.807, 2.05) is 40.7 Å². The molecule has 13 nitrogen and oxygen atoms in total. The number of benzene rings is 9. The van der Waals surface area contributed by atoms with Crippen LogP contribution in [-0.4, -0.2) is 92.8 Å². The summed E-state index contributed by atoms with van der Waals surface area (Å²) in [6.45, 7) is 14.2. The molecule has 0 saturated carbocycles. The minimum Gasteiger partial charge on any atom is -1.00 e.